The van der Waals surface area contributed by atoms with E-state index in [9.17, 15) is 9.90 Å². The van der Waals surface area contributed by atoms with Crippen LogP contribution in [0.3, 0.4) is 0 Å². The third kappa shape index (κ3) is 5.23. The first-order valence-electron chi connectivity index (χ1n) is 8.88. The molecule has 1 aliphatic rings. The molecule has 0 spiro atoms. The number of carboxylic acids is 1. The highest BCUT2D eigenvalue weighted by molar-refractivity contribution is 6.21. The second-order valence-electron chi connectivity index (χ2n) is 6.63. The molecule has 1 fully saturated rings. The molecule has 6 heteroatoms. The fraction of sp³-hybridized carbons (Fsp3) is 0.722. The van der Waals surface area contributed by atoms with E-state index in [-0.39, 0.29) is 23.3 Å². The summed E-state index contributed by atoms with van der Waals surface area (Å²) >= 11 is 6.46. The molecular formula is C18H28ClNO4. The number of alkyl halides is 1. The lowest BCUT2D eigenvalue weighted by molar-refractivity contribution is 0.0660. The molecule has 5 nitrogen and oxygen atoms in total. The van der Waals surface area contributed by atoms with Crippen LogP contribution < -0.4 is 0 Å². The number of rotatable bonds is 10. The van der Waals surface area contributed by atoms with Crippen LogP contribution in [-0.2, 0) is 6.42 Å². The molecule has 0 aliphatic carbocycles. The molecule has 1 aromatic heterocycles. The van der Waals surface area contributed by atoms with Gasteiger partial charge in [-0.05, 0) is 38.3 Å². The lowest BCUT2D eigenvalue weighted by atomic mass is 10.0. The number of aliphatic hydroxyl groups is 1. The van der Waals surface area contributed by atoms with E-state index >= 15 is 0 Å². The molecule has 0 radical (unpaired) electrons. The van der Waals surface area contributed by atoms with Crippen molar-refractivity contribution < 1.29 is 19.4 Å². The van der Waals surface area contributed by atoms with Gasteiger partial charge in [-0.15, -0.1) is 11.6 Å². The number of furan rings is 1. The van der Waals surface area contributed by atoms with Gasteiger partial charge in [0.05, 0.1) is 17.7 Å². The first-order valence-corrected chi connectivity index (χ1v) is 9.32. The molecule has 24 heavy (non-hydrogen) atoms. The maximum Gasteiger partial charge on any atom is 0.372 e. The Bertz CT molecular complexity index is 519. The van der Waals surface area contributed by atoms with Crippen LogP contribution in [0.2, 0.25) is 0 Å². The van der Waals surface area contributed by atoms with Crippen LogP contribution in [0, 0.1) is 0 Å². The van der Waals surface area contributed by atoms with E-state index in [2.05, 4.69) is 11.8 Å². The van der Waals surface area contributed by atoms with Crippen molar-refractivity contribution in [1.29, 1.82) is 0 Å². The Morgan fingerprint density at radius 1 is 1.46 bits per heavy atom. The number of carboxylic acid groups (broad SMARTS) is 1. The standard InChI is InChI=1S/C18H28ClNO4/c1-2-3-4-5-14(21)6-9-20-10-7-15(19)16(20)12-13-8-11-24-17(13)18(22)23/h8,11,14-16,21H,2-7,9-10,12H2,1H3,(H,22,23). The summed E-state index contributed by atoms with van der Waals surface area (Å²) in [4.78, 5) is 13.5. The molecule has 0 bridgehead atoms. The molecular weight excluding hydrogens is 330 g/mol. The maximum atomic E-state index is 11.2. The normalized spacial score (nSPS) is 22.8. The van der Waals surface area contributed by atoms with Crippen molar-refractivity contribution in [3.05, 3.63) is 23.7 Å². The summed E-state index contributed by atoms with van der Waals surface area (Å²) in [6, 6.07) is 1.80. The summed E-state index contributed by atoms with van der Waals surface area (Å²) in [6.45, 7) is 3.84. The Balaban J connectivity index is 1.88. The quantitative estimate of drug-likeness (QED) is 0.495. The SMILES string of the molecule is CCCCCC(O)CCN1CCC(Cl)C1Cc1ccoc1C(=O)O. The molecule has 2 rings (SSSR count). The minimum absolute atomic E-state index is 0.00113. The van der Waals surface area contributed by atoms with Gasteiger partial charge in [0.25, 0.3) is 0 Å². The molecule has 3 atom stereocenters. The first-order chi connectivity index (χ1) is 11.5. The van der Waals surface area contributed by atoms with E-state index < -0.39 is 5.97 Å². The highest BCUT2D eigenvalue weighted by atomic mass is 35.5. The van der Waals surface area contributed by atoms with E-state index in [0.717, 1.165) is 51.6 Å². The van der Waals surface area contributed by atoms with Crippen LogP contribution in [-0.4, -0.2) is 51.7 Å². The van der Waals surface area contributed by atoms with Gasteiger partial charge in [-0.2, -0.15) is 0 Å². The highest BCUT2D eigenvalue weighted by Crippen LogP contribution is 2.28. The molecule has 0 amide bonds. The number of carbonyl (C=O) groups is 1. The molecule has 0 aromatic carbocycles. The average molecular weight is 358 g/mol. The Kier molecular flexibility index (Phi) is 7.59. The molecule has 1 aliphatic heterocycles. The number of likely N-dealkylation sites (tertiary alicyclic amines) is 1. The largest absolute Gasteiger partial charge is 0.475 e. The summed E-state index contributed by atoms with van der Waals surface area (Å²) in [5.41, 5.74) is 0.688. The number of aromatic carboxylic acids is 1. The number of nitrogens with zero attached hydrogens (tertiary/aromatic N) is 1. The maximum absolute atomic E-state index is 11.2. The smallest absolute Gasteiger partial charge is 0.372 e. The van der Waals surface area contributed by atoms with Gasteiger partial charge in [-0.1, -0.05) is 26.2 Å². The Morgan fingerprint density at radius 2 is 2.25 bits per heavy atom. The predicted molar refractivity (Wildman–Crippen MR) is 93.8 cm³/mol. The van der Waals surface area contributed by atoms with Gasteiger partial charge in [0.1, 0.15) is 0 Å². The van der Waals surface area contributed by atoms with Gasteiger partial charge in [-0.25, -0.2) is 4.79 Å². The van der Waals surface area contributed by atoms with E-state index in [1.165, 1.54) is 6.26 Å². The molecule has 2 N–H and O–H groups in total. The van der Waals surface area contributed by atoms with Crippen LogP contribution in [0.5, 0.6) is 0 Å². The average Bonchev–Trinajstić information content (AvgIpc) is 3.14. The van der Waals surface area contributed by atoms with Crippen LogP contribution >= 0.6 is 11.6 Å². The molecule has 136 valence electrons. The summed E-state index contributed by atoms with van der Waals surface area (Å²) in [5.74, 6) is -1.04. The van der Waals surface area contributed by atoms with E-state index in [4.69, 9.17) is 21.1 Å². The minimum atomic E-state index is -1.04. The fourth-order valence-electron chi connectivity index (χ4n) is 3.41. The van der Waals surface area contributed by atoms with Gasteiger partial charge in [-0.3, -0.25) is 4.90 Å². The monoisotopic (exact) mass is 357 g/mol. The lowest BCUT2D eigenvalue weighted by Gasteiger charge is -2.26. The van der Waals surface area contributed by atoms with Gasteiger partial charge in [0.2, 0.25) is 5.76 Å². The summed E-state index contributed by atoms with van der Waals surface area (Å²) in [7, 11) is 0. The number of hydrogen-bond acceptors (Lipinski definition) is 4. The van der Waals surface area contributed by atoms with Crippen molar-refractivity contribution in [3.8, 4) is 0 Å². The van der Waals surface area contributed by atoms with Crippen molar-refractivity contribution in [2.24, 2.45) is 0 Å². The van der Waals surface area contributed by atoms with Gasteiger partial charge in [0.15, 0.2) is 0 Å². The second kappa shape index (κ2) is 9.44. The minimum Gasteiger partial charge on any atom is -0.475 e. The van der Waals surface area contributed by atoms with Crippen molar-refractivity contribution in [2.45, 2.75) is 69.4 Å². The Morgan fingerprint density at radius 3 is 2.96 bits per heavy atom. The number of halogens is 1. The fourth-order valence-corrected chi connectivity index (χ4v) is 3.76. The van der Waals surface area contributed by atoms with Crippen molar-refractivity contribution in [3.63, 3.8) is 0 Å². The molecule has 1 saturated heterocycles. The summed E-state index contributed by atoms with van der Waals surface area (Å²) in [6.07, 6.45) is 7.57. The van der Waals surface area contributed by atoms with Crippen LogP contribution in [0.25, 0.3) is 0 Å². The van der Waals surface area contributed by atoms with Crippen molar-refractivity contribution >= 4 is 17.6 Å². The Hall–Kier alpha value is -1.04. The zero-order chi connectivity index (χ0) is 17.5. The van der Waals surface area contributed by atoms with E-state index in [1.54, 1.807) is 6.07 Å². The topological polar surface area (TPSA) is 73.9 Å². The molecule has 3 unspecified atom stereocenters. The number of unbranched alkanes of at least 4 members (excludes halogenated alkanes) is 2. The first kappa shape index (κ1) is 19.3. The van der Waals surface area contributed by atoms with Gasteiger partial charge >= 0.3 is 5.97 Å². The number of hydrogen-bond donors (Lipinski definition) is 2. The Labute approximate surface area is 148 Å². The lowest BCUT2D eigenvalue weighted by Crippen LogP contribution is -2.37. The van der Waals surface area contributed by atoms with Crippen molar-refractivity contribution in [2.75, 3.05) is 13.1 Å². The van der Waals surface area contributed by atoms with Crippen LogP contribution in [0.1, 0.15) is 61.6 Å². The molecule has 2 heterocycles. The van der Waals surface area contributed by atoms with Crippen LogP contribution in [0.4, 0.5) is 0 Å². The van der Waals surface area contributed by atoms with E-state index in [1.807, 2.05) is 0 Å². The highest BCUT2D eigenvalue weighted by Gasteiger charge is 2.34. The van der Waals surface area contributed by atoms with Crippen molar-refractivity contribution in [1.82, 2.24) is 4.90 Å². The molecule has 1 aromatic rings. The molecule has 0 saturated carbocycles. The predicted octanol–water partition coefficient (Wildman–Crippen LogP) is 3.53. The van der Waals surface area contributed by atoms with E-state index in [0.29, 0.717) is 12.0 Å². The van der Waals surface area contributed by atoms with Gasteiger partial charge < -0.3 is 14.6 Å². The zero-order valence-corrected chi connectivity index (χ0v) is 15.0. The van der Waals surface area contributed by atoms with Crippen LogP contribution in [0.15, 0.2) is 16.7 Å². The zero-order valence-electron chi connectivity index (χ0n) is 14.3. The third-order valence-electron chi connectivity index (χ3n) is 4.84. The summed E-state index contributed by atoms with van der Waals surface area (Å²) in [5, 5.41) is 19.3. The summed E-state index contributed by atoms with van der Waals surface area (Å²) < 4.78 is 5.06. The second-order valence-corrected chi connectivity index (χ2v) is 7.19. The number of aliphatic hydroxyl groups excluding tert-OH is 1. The third-order valence-corrected chi connectivity index (χ3v) is 5.35. The van der Waals surface area contributed by atoms with Gasteiger partial charge in [0, 0.05) is 18.2 Å².